The number of aliphatic hydroxyl groups is 1. The molecule has 152 valence electrons. The number of thiazole rings is 1. The van der Waals surface area contributed by atoms with Gasteiger partial charge in [-0.1, -0.05) is 29.5 Å². The summed E-state index contributed by atoms with van der Waals surface area (Å²) < 4.78 is 22.0. The van der Waals surface area contributed by atoms with Gasteiger partial charge in [0, 0.05) is 35.8 Å². The van der Waals surface area contributed by atoms with Crippen LogP contribution in [0.15, 0.2) is 34.7 Å². The van der Waals surface area contributed by atoms with Gasteiger partial charge in [-0.3, -0.25) is 4.79 Å². The molecule has 3 heterocycles. The average Bonchev–Trinajstić information content (AvgIpc) is 3.37. The predicted molar refractivity (Wildman–Crippen MR) is 107 cm³/mol. The van der Waals surface area contributed by atoms with E-state index >= 15 is 0 Å². The Balaban J connectivity index is 1.47. The summed E-state index contributed by atoms with van der Waals surface area (Å²) in [6, 6.07) is 6.05. The number of rotatable bonds is 6. The SMILES string of the molecule is COc1nc(C)c(Sn2cc3c(n2)CN(C(=O)C(CO)c2ccccc2F)C3)s1. The van der Waals surface area contributed by atoms with Crippen molar-refractivity contribution in [2.75, 3.05) is 13.7 Å². The molecule has 1 aliphatic rings. The second kappa shape index (κ2) is 8.13. The van der Waals surface area contributed by atoms with Crippen LogP contribution in [0.4, 0.5) is 4.39 Å². The fourth-order valence-electron chi connectivity index (χ4n) is 3.23. The molecule has 0 saturated heterocycles. The van der Waals surface area contributed by atoms with Crippen molar-refractivity contribution in [1.29, 1.82) is 0 Å². The predicted octanol–water partition coefficient (Wildman–Crippen LogP) is 2.97. The number of nitrogens with zero attached hydrogens (tertiary/aromatic N) is 4. The molecule has 4 rings (SSSR count). The second-order valence-electron chi connectivity index (χ2n) is 6.60. The molecule has 1 atom stereocenters. The lowest BCUT2D eigenvalue weighted by atomic mass is 9.98. The van der Waals surface area contributed by atoms with Gasteiger partial charge in [0.1, 0.15) is 10.0 Å². The first kappa shape index (κ1) is 19.9. The molecular formula is C19H19FN4O3S2. The van der Waals surface area contributed by atoms with Crippen LogP contribution < -0.4 is 4.74 Å². The number of ether oxygens (including phenoxy) is 1. The fraction of sp³-hybridized carbons (Fsp3) is 0.316. The molecule has 1 amide bonds. The third kappa shape index (κ3) is 3.87. The van der Waals surface area contributed by atoms with Crippen LogP contribution >= 0.6 is 23.3 Å². The first-order valence-corrected chi connectivity index (χ1v) is 10.5. The van der Waals surface area contributed by atoms with Gasteiger partial charge in [-0.05, 0) is 13.0 Å². The minimum absolute atomic E-state index is 0.208. The number of halogens is 1. The summed E-state index contributed by atoms with van der Waals surface area (Å²) in [5.74, 6) is -1.72. The van der Waals surface area contributed by atoms with Gasteiger partial charge in [0.25, 0.3) is 5.19 Å². The Morgan fingerprint density at radius 1 is 1.41 bits per heavy atom. The number of methoxy groups -OCH3 is 1. The quantitative estimate of drug-likeness (QED) is 0.643. The Bertz CT molecular complexity index is 1030. The molecule has 1 N–H and O–H groups in total. The summed E-state index contributed by atoms with van der Waals surface area (Å²) >= 11 is 2.89. The highest BCUT2D eigenvalue weighted by molar-refractivity contribution is 7.99. The number of carbonyl (C=O) groups is 1. The average molecular weight is 435 g/mol. The standard InChI is InChI=1S/C19H19FN4O3S2/c1-11-18(28-19(21-11)27-2)29-24-8-12-7-23(9-16(12)22-24)17(26)14(10-25)13-5-3-4-6-15(13)20/h3-6,8,14,25H,7,9-10H2,1-2H3. The third-order valence-corrected chi connectivity index (χ3v) is 6.94. The van der Waals surface area contributed by atoms with E-state index in [1.54, 1.807) is 28.2 Å². The highest BCUT2D eigenvalue weighted by Crippen LogP contribution is 2.35. The van der Waals surface area contributed by atoms with Crippen molar-refractivity contribution in [3.8, 4) is 5.19 Å². The van der Waals surface area contributed by atoms with Crippen LogP contribution in [0, 0.1) is 12.7 Å². The van der Waals surface area contributed by atoms with Crippen LogP contribution in [0.3, 0.4) is 0 Å². The zero-order valence-corrected chi connectivity index (χ0v) is 17.5. The number of aryl methyl sites for hydroxylation is 1. The molecule has 0 saturated carbocycles. The number of hydrogen-bond acceptors (Lipinski definition) is 7. The second-order valence-corrected chi connectivity index (χ2v) is 8.79. The smallest absolute Gasteiger partial charge is 0.274 e. The van der Waals surface area contributed by atoms with Gasteiger partial charge >= 0.3 is 0 Å². The largest absolute Gasteiger partial charge is 0.473 e. The molecule has 1 unspecified atom stereocenters. The van der Waals surface area contributed by atoms with Gasteiger partial charge in [-0.25, -0.2) is 13.5 Å². The van der Waals surface area contributed by atoms with Crippen molar-refractivity contribution in [3.05, 3.63) is 58.8 Å². The number of benzene rings is 1. The minimum Gasteiger partial charge on any atom is -0.473 e. The first-order valence-electron chi connectivity index (χ1n) is 8.91. The number of amides is 1. The lowest BCUT2D eigenvalue weighted by Gasteiger charge is -2.22. The molecule has 2 aromatic heterocycles. The van der Waals surface area contributed by atoms with E-state index in [1.165, 1.54) is 35.4 Å². The lowest BCUT2D eigenvalue weighted by Crippen LogP contribution is -2.33. The molecule has 1 aromatic carbocycles. The van der Waals surface area contributed by atoms with E-state index < -0.39 is 18.3 Å². The molecule has 3 aromatic rings. The van der Waals surface area contributed by atoms with Crippen molar-refractivity contribution in [1.82, 2.24) is 19.1 Å². The van der Waals surface area contributed by atoms with Crippen LogP contribution in [0.5, 0.6) is 5.19 Å². The van der Waals surface area contributed by atoms with Gasteiger partial charge in [0.2, 0.25) is 5.91 Å². The van der Waals surface area contributed by atoms with E-state index in [0.717, 1.165) is 21.2 Å². The van der Waals surface area contributed by atoms with E-state index in [-0.39, 0.29) is 11.5 Å². The Morgan fingerprint density at radius 2 is 2.21 bits per heavy atom. The fourth-order valence-corrected chi connectivity index (χ4v) is 5.11. The first-order chi connectivity index (χ1) is 14.0. The molecule has 29 heavy (non-hydrogen) atoms. The van der Waals surface area contributed by atoms with Crippen LogP contribution in [-0.2, 0) is 17.9 Å². The van der Waals surface area contributed by atoms with Gasteiger partial charge in [-0.15, -0.1) is 0 Å². The number of aromatic nitrogens is 3. The Labute approximate surface area is 175 Å². The monoisotopic (exact) mass is 434 g/mol. The van der Waals surface area contributed by atoms with Crippen molar-refractivity contribution < 1.29 is 19.0 Å². The summed E-state index contributed by atoms with van der Waals surface area (Å²) in [4.78, 5) is 18.8. The zero-order valence-electron chi connectivity index (χ0n) is 15.8. The molecule has 0 bridgehead atoms. The molecule has 0 fully saturated rings. The van der Waals surface area contributed by atoms with Crippen molar-refractivity contribution in [3.63, 3.8) is 0 Å². The van der Waals surface area contributed by atoms with Crippen LogP contribution in [0.2, 0.25) is 0 Å². The minimum atomic E-state index is -0.922. The number of carbonyl (C=O) groups excluding carboxylic acids is 1. The molecule has 0 radical (unpaired) electrons. The van der Waals surface area contributed by atoms with E-state index in [1.807, 2.05) is 13.1 Å². The van der Waals surface area contributed by atoms with Gasteiger partial charge in [0.05, 0.1) is 37.6 Å². The summed E-state index contributed by atoms with van der Waals surface area (Å²) in [5, 5.41) is 14.9. The van der Waals surface area contributed by atoms with Gasteiger partial charge in [-0.2, -0.15) is 5.10 Å². The molecule has 1 aliphatic heterocycles. The Kier molecular flexibility index (Phi) is 5.57. The third-order valence-electron chi connectivity index (χ3n) is 4.72. The molecule has 7 nitrogen and oxygen atoms in total. The summed E-state index contributed by atoms with van der Waals surface area (Å²) in [6.45, 7) is 2.18. The van der Waals surface area contributed by atoms with Crippen LogP contribution in [0.1, 0.15) is 28.4 Å². The topological polar surface area (TPSA) is 80.5 Å². The summed E-state index contributed by atoms with van der Waals surface area (Å²) in [5.41, 5.74) is 2.81. The molecule has 0 aliphatic carbocycles. The molecule has 10 heteroatoms. The van der Waals surface area contributed by atoms with Crippen molar-refractivity contribution >= 4 is 29.2 Å². The maximum atomic E-state index is 14.1. The molecule has 0 spiro atoms. The van der Waals surface area contributed by atoms with E-state index in [4.69, 9.17) is 4.74 Å². The maximum absolute atomic E-state index is 14.1. The number of fused-ring (bicyclic) bond motifs is 1. The summed E-state index contributed by atoms with van der Waals surface area (Å²) in [7, 11) is 1.59. The summed E-state index contributed by atoms with van der Waals surface area (Å²) in [6.07, 6.45) is 1.88. The number of aliphatic hydroxyl groups excluding tert-OH is 1. The highest BCUT2D eigenvalue weighted by Gasteiger charge is 2.33. The Morgan fingerprint density at radius 3 is 2.86 bits per heavy atom. The van der Waals surface area contributed by atoms with Crippen molar-refractivity contribution in [2.24, 2.45) is 0 Å². The van der Waals surface area contributed by atoms with Crippen molar-refractivity contribution in [2.45, 2.75) is 30.1 Å². The van der Waals surface area contributed by atoms with Gasteiger partial charge < -0.3 is 14.7 Å². The normalized spacial score (nSPS) is 14.1. The van der Waals surface area contributed by atoms with E-state index in [0.29, 0.717) is 18.3 Å². The van der Waals surface area contributed by atoms with Crippen LogP contribution in [0.25, 0.3) is 0 Å². The maximum Gasteiger partial charge on any atom is 0.274 e. The van der Waals surface area contributed by atoms with Gasteiger partial charge in [0.15, 0.2) is 0 Å². The highest BCUT2D eigenvalue weighted by atomic mass is 32.2. The Hall–Kier alpha value is -2.43. The van der Waals surface area contributed by atoms with Crippen LogP contribution in [-0.4, -0.2) is 43.8 Å². The lowest BCUT2D eigenvalue weighted by molar-refractivity contribution is -0.134. The van der Waals surface area contributed by atoms with E-state index in [9.17, 15) is 14.3 Å². The molecular weight excluding hydrogens is 415 g/mol. The van der Waals surface area contributed by atoms with E-state index in [2.05, 4.69) is 10.1 Å². The zero-order chi connectivity index (χ0) is 20.5. The number of hydrogen-bond donors (Lipinski definition) is 1.